The number of anilines is 1. The van der Waals surface area contributed by atoms with Gasteiger partial charge in [0.15, 0.2) is 5.15 Å². The minimum atomic E-state index is -0.384. The number of carbonyl (C=O) groups is 1. The molecule has 1 N–H and O–H groups in total. The number of amides is 1. The number of pyridine rings is 1. The van der Waals surface area contributed by atoms with Gasteiger partial charge in [0, 0.05) is 6.20 Å². The van der Waals surface area contributed by atoms with Crippen molar-refractivity contribution in [2.75, 3.05) is 11.9 Å². The molecule has 0 radical (unpaired) electrons. The molecule has 0 bridgehead atoms. The van der Waals surface area contributed by atoms with Gasteiger partial charge in [-0.3, -0.25) is 4.79 Å². The van der Waals surface area contributed by atoms with Gasteiger partial charge >= 0.3 is 5.91 Å². The van der Waals surface area contributed by atoms with E-state index in [2.05, 4.69) is 15.1 Å². The molecule has 0 aromatic carbocycles. The van der Waals surface area contributed by atoms with Crippen molar-refractivity contribution in [3.63, 3.8) is 0 Å². The molecule has 0 fully saturated rings. The lowest BCUT2D eigenvalue weighted by Crippen LogP contribution is -2.14. The fourth-order valence-corrected chi connectivity index (χ4v) is 0.907. The lowest BCUT2D eigenvalue weighted by molar-refractivity contribution is -0.114. The second-order valence-electron chi connectivity index (χ2n) is 2.21. The van der Waals surface area contributed by atoms with Crippen molar-refractivity contribution in [2.24, 2.45) is 0 Å². The number of halogens is 1. The Morgan fingerprint density at radius 3 is 3.15 bits per heavy atom. The summed E-state index contributed by atoms with van der Waals surface area (Å²) in [6.45, 7) is 6.26. The third-order valence-corrected chi connectivity index (χ3v) is 1.56. The van der Waals surface area contributed by atoms with Crippen LogP contribution in [0.2, 0.25) is 5.15 Å². The Morgan fingerprint density at radius 1 is 1.77 bits per heavy atom. The molecule has 1 aromatic rings. The van der Waals surface area contributed by atoms with Crippen LogP contribution in [0.5, 0.6) is 0 Å². The van der Waals surface area contributed by atoms with E-state index in [1.165, 1.54) is 6.20 Å². The highest BCUT2D eigenvalue weighted by molar-refractivity contribution is 6.32. The highest BCUT2D eigenvalue weighted by Gasteiger charge is 2.06. The second kappa shape index (κ2) is 4.43. The Hall–Kier alpha value is -1.60. The van der Waals surface area contributed by atoms with Crippen LogP contribution in [0.25, 0.3) is 4.85 Å². The molecule has 1 amide bonds. The van der Waals surface area contributed by atoms with Gasteiger partial charge in [0.2, 0.25) is 0 Å². The zero-order chi connectivity index (χ0) is 9.68. The van der Waals surface area contributed by atoms with E-state index in [-0.39, 0.29) is 17.6 Å². The molecule has 0 unspecified atom stereocenters. The zero-order valence-electron chi connectivity index (χ0n) is 6.62. The fourth-order valence-electron chi connectivity index (χ4n) is 0.741. The summed E-state index contributed by atoms with van der Waals surface area (Å²) in [4.78, 5) is 17.7. The third-order valence-electron chi connectivity index (χ3n) is 1.26. The molecule has 1 rings (SSSR count). The maximum Gasteiger partial charge on any atom is 0.304 e. The summed E-state index contributed by atoms with van der Waals surface area (Å²) in [5.41, 5.74) is 0.429. The topological polar surface area (TPSA) is 46.4 Å². The first-order valence-electron chi connectivity index (χ1n) is 3.47. The van der Waals surface area contributed by atoms with Crippen molar-refractivity contribution >= 4 is 23.2 Å². The van der Waals surface area contributed by atoms with E-state index in [4.69, 9.17) is 18.2 Å². The van der Waals surface area contributed by atoms with Gasteiger partial charge in [-0.1, -0.05) is 11.6 Å². The predicted octanol–water partition coefficient (Wildman–Crippen LogP) is 1.59. The number of nitrogens with one attached hydrogen (secondary N) is 1. The summed E-state index contributed by atoms with van der Waals surface area (Å²) in [6, 6.07) is 3.27. The summed E-state index contributed by atoms with van der Waals surface area (Å²) in [5, 5.41) is 2.69. The SMILES string of the molecule is [C-]#[N+]CC(=O)Nc1cccnc1Cl. The molecule has 13 heavy (non-hydrogen) atoms. The number of nitrogens with zero attached hydrogens (tertiary/aromatic N) is 2. The van der Waals surface area contributed by atoms with Gasteiger partial charge < -0.3 is 10.2 Å². The third kappa shape index (κ3) is 2.73. The average Bonchev–Trinajstić information content (AvgIpc) is 2.09. The molecule has 0 spiro atoms. The molecule has 0 atom stereocenters. The van der Waals surface area contributed by atoms with E-state index in [1.807, 2.05) is 0 Å². The van der Waals surface area contributed by atoms with Crippen LogP contribution in [0.15, 0.2) is 18.3 Å². The molecular formula is C8H6ClN3O. The van der Waals surface area contributed by atoms with Gasteiger partial charge in [0.05, 0.1) is 5.69 Å². The number of hydrogen-bond donors (Lipinski definition) is 1. The Labute approximate surface area is 80.4 Å². The van der Waals surface area contributed by atoms with E-state index < -0.39 is 0 Å². The maximum absolute atomic E-state index is 11.0. The lowest BCUT2D eigenvalue weighted by Gasteiger charge is -2.01. The summed E-state index contributed by atoms with van der Waals surface area (Å²) in [7, 11) is 0. The Kier molecular flexibility index (Phi) is 3.23. The molecular weight excluding hydrogens is 190 g/mol. The summed E-state index contributed by atoms with van der Waals surface area (Å²) < 4.78 is 0. The Bertz CT molecular complexity index is 359. The van der Waals surface area contributed by atoms with Gasteiger partial charge in [0.1, 0.15) is 0 Å². The van der Waals surface area contributed by atoms with E-state index >= 15 is 0 Å². The van der Waals surface area contributed by atoms with Crippen molar-refractivity contribution in [3.8, 4) is 0 Å². The number of rotatable bonds is 2. The smallest absolute Gasteiger partial charge is 0.304 e. The number of aromatic nitrogens is 1. The molecule has 66 valence electrons. The summed E-state index contributed by atoms with van der Waals surface area (Å²) >= 11 is 5.67. The lowest BCUT2D eigenvalue weighted by atomic mass is 10.4. The fraction of sp³-hybridized carbons (Fsp3) is 0.125. The van der Waals surface area contributed by atoms with Gasteiger partial charge in [0.25, 0.3) is 6.54 Å². The second-order valence-corrected chi connectivity index (χ2v) is 2.56. The first-order valence-corrected chi connectivity index (χ1v) is 3.85. The molecule has 0 saturated carbocycles. The molecule has 0 aliphatic carbocycles. The van der Waals surface area contributed by atoms with Crippen LogP contribution < -0.4 is 5.32 Å². The van der Waals surface area contributed by atoms with Crippen LogP contribution in [0.1, 0.15) is 0 Å². The first kappa shape index (κ1) is 9.49. The van der Waals surface area contributed by atoms with Crippen LogP contribution in [-0.2, 0) is 4.79 Å². The molecule has 0 saturated heterocycles. The van der Waals surface area contributed by atoms with Crippen LogP contribution in [-0.4, -0.2) is 17.4 Å². The summed E-state index contributed by atoms with van der Waals surface area (Å²) in [6.07, 6.45) is 1.52. The largest absolute Gasteiger partial charge is 0.317 e. The molecule has 0 aliphatic heterocycles. The molecule has 1 heterocycles. The maximum atomic E-state index is 11.0. The first-order chi connectivity index (χ1) is 6.24. The monoisotopic (exact) mass is 195 g/mol. The minimum Gasteiger partial charge on any atom is -0.317 e. The van der Waals surface area contributed by atoms with Gasteiger partial charge in [-0.05, 0) is 12.1 Å². The van der Waals surface area contributed by atoms with Crippen molar-refractivity contribution in [1.29, 1.82) is 0 Å². The normalized spacial score (nSPS) is 8.92. The zero-order valence-corrected chi connectivity index (χ0v) is 7.38. The highest BCUT2D eigenvalue weighted by Crippen LogP contribution is 2.16. The van der Waals surface area contributed by atoms with Crippen LogP contribution in [0.4, 0.5) is 5.69 Å². The predicted molar refractivity (Wildman–Crippen MR) is 49.3 cm³/mol. The van der Waals surface area contributed by atoms with E-state index in [1.54, 1.807) is 12.1 Å². The minimum absolute atomic E-state index is 0.203. The standard InChI is InChI=1S/C8H6ClN3O/c1-10-5-7(13)12-6-3-2-4-11-8(6)9/h2-4H,5H2,(H,12,13). The molecule has 1 aromatic heterocycles. The Morgan fingerprint density at radius 2 is 2.54 bits per heavy atom. The highest BCUT2D eigenvalue weighted by atomic mass is 35.5. The van der Waals surface area contributed by atoms with Crippen molar-refractivity contribution < 1.29 is 4.79 Å². The van der Waals surface area contributed by atoms with E-state index in [0.717, 1.165) is 0 Å². The molecule has 4 nitrogen and oxygen atoms in total. The van der Waals surface area contributed by atoms with E-state index in [0.29, 0.717) is 5.69 Å². The van der Waals surface area contributed by atoms with Gasteiger partial charge in [-0.2, -0.15) is 0 Å². The average molecular weight is 196 g/mol. The number of hydrogen-bond acceptors (Lipinski definition) is 2. The van der Waals surface area contributed by atoms with Crippen LogP contribution in [0.3, 0.4) is 0 Å². The van der Waals surface area contributed by atoms with Crippen molar-refractivity contribution in [3.05, 3.63) is 34.9 Å². The molecule has 5 heteroatoms. The van der Waals surface area contributed by atoms with Gasteiger partial charge in [-0.15, -0.1) is 0 Å². The quantitative estimate of drug-likeness (QED) is 0.576. The Balaban J connectivity index is 2.70. The van der Waals surface area contributed by atoms with Crippen molar-refractivity contribution in [1.82, 2.24) is 4.98 Å². The number of carbonyl (C=O) groups excluding carboxylic acids is 1. The molecule has 0 aliphatic rings. The van der Waals surface area contributed by atoms with E-state index in [9.17, 15) is 4.79 Å². The van der Waals surface area contributed by atoms with Crippen LogP contribution >= 0.6 is 11.6 Å². The van der Waals surface area contributed by atoms with Gasteiger partial charge in [-0.25, -0.2) is 11.6 Å². The van der Waals surface area contributed by atoms with Crippen molar-refractivity contribution in [2.45, 2.75) is 0 Å². The summed E-state index contributed by atoms with van der Waals surface area (Å²) in [5.74, 6) is -0.384. The van der Waals surface area contributed by atoms with Crippen LogP contribution in [0, 0.1) is 6.57 Å².